The molecule has 7 heteroatoms. The summed E-state index contributed by atoms with van der Waals surface area (Å²) in [7, 11) is 0. The van der Waals surface area contributed by atoms with E-state index in [1.54, 1.807) is 6.92 Å². The summed E-state index contributed by atoms with van der Waals surface area (Å²) < 4.78 is -1.61. The van der Waals surface area contributed by atoms with E-state index in [4.69, 9.17) is 46.4 Å². The predicted octanol–water partition coefficient (Wildman–Crippen LogP) is 3.18. The molecule has 0 atom stereocenters. The standard InChI is InChI=1S/C8H9Cl4N3/c1-5-13-6(3-2-4-9)15-7(14-5)8(10,11)12/h2-4H2,1H3. The Morgan fingerprint density at radius 2 is 1.80 bits per heavy atom. The summed E-state index contributed by atoms with van der Waals surface area (Å²) in [5, 5.41) is 0. The van der Waals surface area contributed by atoms with Crippen LogP contribution in [0.15, 0.2) is 0 Å². The number of aryl methyl sites for hydroxylation is 2. The molecular weight excluding hydrogens is 280 g/mol. The van der Waals surface area contributed by atoms with Crippen molar-refractivity contribution >= 4 is 46.4 Å². The zero-order valence-electron chi connectivity index (χ0n) is 7.97. The molecule has 0 fully saturated rings. The number of rotatable bonds is 3. The molecule has 0 aliphatic heterocycles. The third-order valence-corrected chi connectivity index (χ3v) is 2.36. The van der Waals surface area contributed by atoms with Gasteiger partial charge in [0.05, 0.1) is 0 Å². The third kappa shape index (κ3) is 4.27. The van der Waals surface area contributed by atoms with E-state index in [1.807, 2.05) is 0 Å². The van der Waals surface area contributed by atoms with Gasteiger partial charge in [-0.3, -0.25) is 0 Å². The molecule has 0 aliphatic carbocycles. The molecule has 0 bridgehead atoms. The maximum atomic E-state index is 5.69. The number of nitrogens with zero attached hydrogens (tertiary/aromatic N) is 3. The van der Waals surface area contributed by atoms with E-state index in [9.17, 15) is 0 Å². The molecule has 3 nitrogen and oxygen atoms in total. The monoisotopic (exact) mass is 287 g/mol. The molecule has 1 rings (SSSR count). The van der Waals surface area contributed by atoms with E-state index in [0.29, 0.717) is 23.9 Å². The highest BCUT2D eigenvalue weighted by Crippen LogP contribution is 2.35. The van der Waals surface area contributed by atoms with Gasteiger partial charge in [-0.05, 0) is 13.3 Å². The van der Waals surface area contributed by atoms with E-state index < -0.39 is 3.79 Å². The van der Waals surface area contributed by atoms with Crippen LogP contribution in [-0.4, -0.2) is 20.8 Å². The molecule has 1 aromatic heterocycles. The molecule has 0 amide bonds. The molecule has 0 aliphatic rings. The zero-order chi connectivity index (χ0) is 11.5. The van der Waals surface area contributed by atoms with Crippen molar-refractivity contribution in [2.75, 3.05) is 5.88 Å². The Labute approximate surface area is 108 Å². The Morgan fingerprint density at radius 3 is 2.33 bits per heavy atom. The molecule has 0 radical (unpaired) electrons. The first-order chi connectivity index (χ1) is 6.93. The van der Waals surface area contributed by atoms with Gasteiger partial charge in [-0.1, -0.05) is 34.8 Å². The first kappa shape index (κ1) is 13.2. The van der Waals surface area contributed by atoms with Gasteiger partial charge in [0.25, 0.3) is 0 Å². The molecule has 1 heterocycles. The van der Waals surface area contributed by atoms with Gasteiger partial charge in [-0.15, -0.1) is 11.6 Å². The SMILES string of the molecule is Cc1nc(CCCCl)nc(C(Cl)(Cl)Cl)n1. The van der Waals surface area contributed by atoms with Crippen LogP contribution < -0.4 is 0 Å². The normalized spacial score (nSPS) is 11.8. The second kappa shape index (κ2) is 5.48. The predicted molar refractivity (Wildman–Crippen MR) is 62.8 cm³/mol. The van der Waals surface area contributed by atoms with Crippen LogP contribution in [0.25, 0.3) is 0 Å². The van der Waals surface area contributed by atoms with Crippen LogP contribution in [0.2, 0.25) is 0 Å². The average Bonchev–Trinajstić information content (AvgIpc) is 2.12. The minimum absolute atomic E-state index is 0.157. The Bertz CT molecular complexity index is 337. The van der Waals surface area contributed by atoms with Crippen molar-refractivity contribution in [1.82, 2.24) is 15.0 Å². The fourth-order valence-electron chi connectivity index (χ4n) is 1.00. The van der Waals surface area contributed by atoms with Crippen LogP contribution in [-0.2, 0) is 10.2 Å². The first-order valence-electron chi connectivity index (χ1n) is 4.28. The maximum Gasteiger partial charge on any atom is 0.250 e. The topological polar surface area (TPSA) is 38.7 Å². The highest BCUT2D eigenvalue weighted by Gasteiger charge is 2.27. The maximum absolute atomic E-state index is 5.69. The molecule has 0 saturated carbocycles. The molecule has 0 spiro atoms. The van der Waals surface area contributed by atoms with Crippen molar-refractivity contribution in [2.24, 2.45) is 0 Å². The largest absolute Gasteiger partial charge is 0.250 e. The van der Waals surface area contributed by atoms with Gasteiger partial charge in [0.1, 0.15) is 11.6 Å². The number of alkyl halides is 4. The number of halogens is 4. The lowest BCUT2D eigenvalue weighted by molar-refractivity contribution is 0.767. The molecule has 0 aromatic carbocycles. The number of hydrogen-bond donors (Lipinski definition) is 0. The van der Waals surface area contributed by atoms with Crippen molar-refractivity contribution in [3.05, 3.63) is 17.5 Å². The van der Waals surface area contributed by atoms with Crippen LogP contribution in [0.5, 0.6) is 0 Å². The van der Waals surface area contributed by atoms with Gasteiger partial charge in [-0.2, -0.15) is 0 Å². The van der Waals surface area contributed by atoms with Gasteiger partial charge >= 0.3 is 0 Å². The lowest BCUT2D eigenvalue weighted by Crippen LogP contribution is -2.12. The summed E-state index contributed by atoms with van der Waals surface area (Å²) in [6, 6.07) is 0. The average molecular weight is 289 g/mol. The first-order valence-corrected chi connectivity index (χ1v) is 5.95. The smallest absolute Gasteiger partial charge is 0.218 e. The minimum atomic E-state index is -1.61. The Kier molecular flexibility index (Phi) is 4.84. The van der Waals surface area contributed by atoms with Gasteiger partial charge < -0.3 is 0 Å². The molecule has 15 heavy (non-hydrogen) atoms. The lowest BCUT2D eigenvalue weighted by atomic mass is 10.3. The van der Waals surface area contributed by atoms with Gasteiger partial charge in [0.2, 0.25) is 3.79 Å². The van der Waals surface area contributed by atoms with E-state index in [2.05, 4.69) is 15.0 Å². The van der Waals surface area contributed by atoms with Gasteiger partial charge in [0.15, 0.2) is 5.82 Å². The van der Waals surface area contributed by atoms with Crippen LogP contribution in [0, 0.1) is 6.92 Å². The molecule has 0 unspecified atom stereocenters. The highest BCUT2D eigenvalue weighted by atomic mass is 35.6. The van der Waals surface area contributed by atoms with Crippen molar-refractivity contribution in [3.8, 4) is 0 Å². The zero-order valence-corrected chi connectivity index (χ0v) is 11.0. The quantitative estimate of drug-likeness (QED) is 0.802. The van der Waals surface area contributed by atoms with Crippen LogP contribution in [0.3, 0.4) is 0 Å². The summed E-state index contributed by atoms with van der Waals surface area (Å²) >= 11 is 22.6. The highest BCUT2D eigenvalue weighted by molar-refractivity contribution is 6.66. The third-order valence-electron chi connectivity index (χ3n) is 1.58. The molecule has 84 valence electrons. The summed E-state index contributed by atoms with van der Waals surface area (Å²) in [6.07, 6.45) is 1.44. The summed E-state index contributed by atoms with van der Waals surface area (Å²) in [6.45, 7) is 1.73. The summed E-state index contributed by atoms with van der Waals surface area (Å²) in [5.74, 6) is 1.85. The molecule has 0 N–H and O–H groups in total. The van der Waals surface area contributed by atoms with Crippen LogP contribution in [0.4, 0.5) is 0 Å². The second-order valence-corrected chi connectivity index (χ2v) is 5.57. The van der Waals surface area contributed by atoms with Crippen molar-refractivity contribution in [1.29, 1.82) is 0 Å². The van der Waals surface area contributed by atoms with Crippen molar-refractivity contribution < 1.29 is 0 Å². The molecule has 1 aromatic rings. The fraction of sp³-hybridized carbons (Fsp3) is 0.625. The molecular formula is C8H9Cl4N3. The Hall–Kier alpha value is 0.170. The summed E-state index contributed by atoms with van der Waals surface area (Å²) in [4.78, 5) is 12.2. The Balaban J connectivity index is 2.95. The minimum Gasteiger partial charge on any atom is -0.218 e. The number of aromatic nitrogens is 3. The van der Waals surface area contributed by atoms with Gasteiger partial charge in [0, 0.05) is 12.3 Å². The second-order valence-electron chi connectivity index (χ2n) is 2.91. The van der Waals surface area contributed by atoms with Crippen LogP contribution >= 0.6 is 46.4 Å². The van der Waals surface area contributed by atoms with Crippen molar-refractivity contribution in [3.63, 3.8) is 0 Å². The van der Waals surface area contributed by atoms with E-state index >= 15 is 0 Å². The summed E-state index contributed by atoms with van der Waals surface area (Å²) in [5.41, 5.74) is 0. The lowest BCUT2D eigenvalue weighted by Gasteiger charge is -2.10. The van der Waals surface area contributed by atoms with Gasteiger partial charge in [-0.25, -0.2) is 15.0 Å². The fourth-order valence-corrected chi connectivity index (χ4v) is 1.39. The van der Waals surface area contributed by atoms with Crippen LogP contribution in [0.1, 0.15) is 23.9 Å². The van der Waals surface area contributed by atoms with E-state index in [0.717, 1.165) is 6.42 Å². The molecule has 0 saturated heterocycles. The number of hydrogen-bond acceptors (Lipinski definition) is 3. The van der Waals surface area contributed by atoms with Crippen molar-refractivity contribution in [2.45, 2.75) is 23.6 Å². The van der Waals surface area contributed by atoms with E-state index in [1.165, 1.54) is 0 Å². The van der Waals surface area contributed by atoms with E-state index in [-0.39, 0.29) is 5.82 Å². The Morgan fingerprint density at radius 1 is 1.13 bits per heavy atom.